The van der Waals surface area contributed by atoms with Crippen LogP contribution >= 0.6 is 0 Å². The molecule has 0 spiro atoms. The van der Waals surface area contributed by atoms with E-state index in [1.165, 1.54) is 53.2 Å². The first-order valence-corrected chi connectivity index (χ1v) is 15.5. The van der Waals surface area contributed by atoms with E-state index in [9.17, 15) is 13.0 Å². The molecule has 0 unspecified atom stereocenters. The molecule has 0 N–H and O–H groups in total. The van der Waals surface area contributed by atoms with E-state index in [2.05, 4.69) is 91.0 Å². The molecule has 4 fully saturated rings. The molecule has 0 heterocycles. The molecule has 4 aliphatic carbocycles. The predicted octanol–water partition coefficient (Wildman–Crippen LogP) is 6.92. The summed E-state index contributed by atoms with van der Waals surface area (Å²) in [6, 6.07) is 32.2. The Bertz CT molecular complexity index is 1060. The second kappa shape index (κ2) is 10.5. The summed E-state index contributed by atoms with van der Waals surface area (Å²) < 4.78 is 32.3. The third-order valence-electron chi connectivity index (χ3n) is 7.98. The minimum Gasteiger partial charge on any atom is -0.748 e. The maximum Gasteiger partial charge on any atom is 0.166 e. The second-order valence-electron chi connectivity index (χ2n) is 10.7. The van der Waals surface area contributed by atoms with Crippen molar-refractivity contribution in [1.82, 2.24) is 0 Å². The van der Waals surface area contributed by atoms with Crippen LogP contribution in [0.25, 0.3) is 0 Å². The summed E-state index contributed by atoms with van der Waals surface area (Å²) >= 11 is 0. The van der Waals surface area contributed by atoms with Crippen molar-refractivity contribution in [2.24, 2.45) is 23.2 Å². The van der Waals surface area contributed by atoms with E-state index in [0.717, 1.165) is 17.8 Å². The standard InChI is InChI=1S/C18H15S.C12H20O3S/c1-4-10-16(11-5-1)19(17-12-6-2-7-13-17)18-14-8-3-9-15-18;13-16(14,15)2-1-12-6-9-3-10(7-12)5-11(4-9)8-12/h1-15H;9-11H,1-8H2,(H,13,14,15)/q+1;/p-1. The van der Waals surface area contributed by atoms with Gasteiger partial charge >= 0.3 is 0 Å². The third-order valence-corrected chi connectivity index (χ3v) is 10.9. The van der Waals surface area contributed by atoms with Crippen LogP contribution in [0.4, 0.5) is 0 Å². The van der Waals surface area contributed by atoms with Gasteiger partial charge in [0.25, 0.3) is 0 Å². The van der Waals surface area contributed by atoms with Crippen molar-refractivity contribution < 1.29 is 13.0 Å². The molecule has 7 rings (SSSR count). The van der Waals surface area contributed by atoms with Crippen molar-refractivity contribution in [3.63, 3.8) is 0 Å². The maximum atomic E-state index is 10.8. The van der Waals surface area contributed by atoms with Gasteiger partial charge in [-0.1, -0.05) is 54.6 Å². The summed E-state index contributed by atoms with van der Waals surface area (Å²) in [5.74, 6) is 2.36. The van der Waals surface area contributed by atoms with Gasteiger partial charge in [0, 0.05) is 5.75 Å². The average Bonchev–Trinajstić information content (AvgIpc) is 2.84. The van der Waals surface area contributed by atoms with E-state index in [-0.39, 0.29) is 22.1 Å². The second-order valence-corrected chi connectivity index (χ2v) is 14.2. The van der Waals surface area contributed by atoms with Crippen molar-refractivity contribution in [2.75, 3.05) is 5.75 Å². The fourth-order valence-corrected chi connectivity index (χ4v) is 9.80. The van der Waals surface area contributed by atoms with Crippen molar-refractivity contribution in [3.05, 3.63) is 91.0 Å². The summed E-state index contributed by atoms with van der Waals surface area (Å²) in [5, 5.41) is 0. The number of benzene rings is 3. The van der Waals surface area contributed by atoms with Crippen LogP contribution in [0.3, 0.4) is 0 Å². The van der Waals surface area contributed by atoms with E-state index >= 15 is 0 Å². The highest BCUT2D eigenvalue weighted by Crippen LogP contribution is 2.61. The lowest BCUT2D eigenvalue weighted by Crippen LogP contribution is -2.46. The highest BCUT2D eigenvalue weighted by atomic mass is 32.2. The summed E-state index contributed by atoms with van der Waals surface area (Å²) in [5.41, 5.74) is 0.228. The zero-order chi connectivity index (χ0) is 24.3. The largest absolute Gasteiger partial charge is 0.748 e. The molecule has 0 amide bonds. The van der Waals surface area contributed by atoms with Crippen LogP contribution in [-0.2, 0) is 21.0 Å². The van der Waals surface area contributed by atoms with Crippen LogP contribution in [0.15, 0.2) is 106 Å². The molecular weight excluding hydrogens is 472 g/mol. The molecule has 0 saturated heterocycles. The molecule has 3 nitrogen and oxygen atoms in total. The van der Waals surface area contributed by atoms with E-state index in [1.54, 1.807) is 0 Å². The van der Waals surface area contributed by atoms with E-state index < -0.39 is 10.1 Å². The summed E-state index contributed by atoms with van der Waals surface area (Å²) in [4.78, 5) is 4.08. The van der Waals surface area contributed by atoms with Crippen molar-refractivity contribution in [2.45, 2.75) is 59.6 Å². The lowest BCUT2D eigenvalue weighted by Gasteiger charge is -2.57. The third kappa shape index (κ3) is 6.19. The average molecular weight is 507 g/mol. The van der Waals surface area contributed by atoms with Crippen molar-refractivity contribution in [1.29, 1.82) is 0 Å². The molecule has 4 aliphatic rings. The maximum absolute atomic E-state index is 10.8. The summed E-state index contributed by atoms with van der Waals surface area (Å²) in [7, 11) is -4.03. The monoisotopic (exact) mass is 506 g/mol. The highest BCUT2D eigenvalue weighted by Gasteiger charge is 2.50. The minimum atomic E-state index is -4.02. The Hall–Kier alpha value is -2.08. The van der Waals surface area contributed by atoms with E-state index in [4.69, 9.17) is 0 Å². The van der Waals surface area contributed by atoms with Gasteiger partial charge < -0.3 is 4.55 Å². The minimum absolute atomic E-state index is 0.0146. The molecule has 0 atom stereocenters. The van der Waals surface area contributed by atoms with Gasteiger partial charge in [-0.2, -0.15) is 0 Å². The normalized spacial score (nSPS) is 26.9. The molecule has 0 aliphatic heterocycles. The van der Waals surface area contributed by atoms with E-state index in [0.29, 0.717) is 6.42 Å². The van der Waals surface area contributed by atoms with Gasteiger partial charge in [0.05, 0.1) is 21.0 Å². The summed E-state index contributed by atoms with van der Waals surface area (Å²) in [6.45, 7) is 0. The lowest BCUT2D eigenvalue weighted by molar-refractivity contribution is -0.0542. The van der Waals surface area contributed by atoms with Crippen LogP contribution in [0.1, 0.15) is 44.9 Å². The molecule has 5 heteroatoms. The van der Waals surface area contributed by atoms with Gasteiger partial charge in [-0.15, -0.1) is 0 Å². The molecule has 0 aromatic heterocycles. The van der Waals surface area contributed by atoms with Crippen LogP contribution in [-0.4, -0.2) is 18.7 Å². The number of hydrogen-bond donors (Lipinski definition) is 0. The van der Waals surface area contributed by atoms with Gasteiger partial charge in [-0.25, -0.2) is 8.42 Å². The lowest BCUT2D eigenvalue weighted by atomic mass is 9.49. The Labute approximate surface area is 213 Å². The van der Waals surface area contributed by atoms with Gasteiger partial charge in [0.1, 0.15) is 0 Å². The molecule has 0 radical (unpaired) electrons. The molecule has 3 aromatic carbocycles. The first-order valence-electron chi connectivity index (χ1n) is 12.7. The number of rotatable bonds is 6. The van der Waals surface area contributed by atoms with Gasteiger partial charge in [-0.3, -0.25) is 0 Å². The SMILES string of the molecule is O=S(=O)([O-])CCC12CC3CC(CC(C3)C1)C2.c1ccc([S+](c2ccccc2)c2ccccc2)cc1. The van der Waals surface area contributed by atoms with Crippen LogP contribution < -0.4 is 0 Å². The van der Waals surface area contributed by atoms with Crippen LogP contribution in [0.5, 0.6) is 0 Å². The smallest absolute Gasteiger partial charge is 0.166 e. The Morgan fingerprint density at radius 3 is 1.31 bits per heavy atom. The van der Waals surface area contributed by atoms with Crippen LogP contribution in [0, 0.1) is 23.2 Å². The fraction of sp³-hybridized carbons (Fsp3) is 0.400. The zero-order valence-electron chi connectivity index (χ0n) is 20.1. The quantitative estimate of drug-likeness (QED) is 0.269. The molecule has 4 saturated carbocycles. The predicted molar refractivity (Wildman–Crippen MR) is 141 cm³/mol. The zero-order valence-corrected chi connectivity index (χ0v) is 21.7. The molecule has 184 valence electrons. The van der Waals surface area contributed by atoms with Gasteiger partial charge in [-0.05, 0) is 105 Å². The number of hydrogen-bond acceptors (Lipinski definition) is 3. The van der Waals surface area contributed by atoms with Crippen molar-refractivity contribution in [3.8, 4) is 0 Å². The van der Waals surface area contributed by atoms with Gasteiger partial charge in [0.2, 0.25) is 0 Å². The fourth-order valence-electron chi connectivity index (χ4n) is 7.02. The first-order chi connectivity index (χ1) is 16.9. The summed E-state index contributed by atoms with van der Waals surface area (Å²) in [6.07, 6.45) is 8.29. The molecule has 4 bridgehead atoms. The van der Waals surface area contributed by atoms with Crippen molar-refractivity contribution >= 4 is 21.0 Å². The Balaban J connectivity index is 0.000000147. The first kappa shape index (κ1) is 24.6. The Morgan fingerprint density at radius 1 is 0.657 bits per heavy atom. The van der Waals surface area contributed by atoms with Gasteiger partial charge in [0.15, 0.2) is 14.7 Å². The Kier molecular flexibility index (Phi) is 7.38. The molecule has 35 heavy (non-hydrogen) atoms. The van der Waals surface area contributed by atoms with Crippen LogP contribution in [0.2, 0.25) is 0 Å². The Morgan fingerprint density at radius 2 is 1.00 bits per heavy atom. The van der Waals surface area contributed by atoms with E-state index in [1.807, 2.05) is 0 Å². The topological polar surface area (TPSA) is 57.2 Å². The molecule has 3 aromatic rings. The highest BCUT2D eigenvalue weighted by molar-refractivity contribution is 7.97. The molecular formula is C30H34O3S2.